The number of carbonyl (C=O) groups is 1. The van der Waals surface area contributed by atoms with Gasteiger partial charge in [-0.25, -0.2) is 4.98 Å². The van der Waals surface area contributed by atoms with E-state index in [-0.39, 0.29) is 23.5 Å². The number of alkyl halides is 3. The zero-order valence-electron chi connectivity index (χ0n) is 22.9. The molecule has 1 fully saturated rings. The molecule has 5 N–H and O–H groups in total. The molecule has 2 aromatic carbocycles. The molecule has 0 radical (unpaired) electrons. The molecule has 0 saturated heterocycles. The average molecular weight is 606 g/mol. The number of benzene rings is 2. The van der Waals surface area contributed by atoms with E-state index in [1.54, 1.807) is 13.1 Å². The summed E-state index contributed by atoms with van der Waals surface area (Å²) in [6.45, 7) is 2.13. The molecule has 0 bridgehead atoms. The molecular formula is C28H31F3N5O5P. The second-order valence-electron chi connectivity index (χ2n) is 11.2. The number of hydrogen-bond donors (Lipinski definition) is 5. The molecule has 2 aliphatic rings. The largest absolute Gasteiger partial charge is 0.421 e. The van der Waals surface area contributed by atoms with Crippen molar-refractivity contribution >= 4 is 36.6 Å². The lowest BCUT2D eigenvalue weighted by Crippen LogP contribution is -2.29. The number of halogens is 3. The van der Waals surface area contributed by atoms with Gasteiger partial charge in [-0.15, -0.1) is 0 Å². The minimum atomic E-state index is -4.78. The first kappa shape index (κ1) is 30.0. The van der Waals surface area contributed by atoms with E-state index in [2.05, 4.69) is 20.6 Å². The molecule has 1 aliphatic carbocycles. The second kappa shape index (κ2) is 11.0. The zero-order valence-corrected chi connectivity index (χ0v) is 23.8. The average Bonchev–Trinajstić information content (AvgIpc) is 3.19. The minimum absolute atomic E-state index is 0.126. The van der Waals surface area contributed by atoms with Gasteiger partial charge < -0.3 is 30.4 Å². The lowest BCUT2D eigenvalue weighted by molar-refractivity contribution is -0.137. The number of anilines is 4. The lowest BCUT2D eigenvalue weighted by Gasteiger charge is -2.34. The van der Waals surface area contributed by atoms with E-state index < -0.39 is 36.9 Å². The van der Waals surface area contributed by atoms with Gasteiger partial charge in [-0.2, -0.15) is 18.2 Å². The van der Waals surface area contributed by atoms with Crippen LogP contribution in [0.1, 0.15) is 71.1 Å². The molecule has 224 valence electrons. The van der Waals surface area contributed by atoms with Crippen LogP contribution in [0.3, 0.4) is 0 Å². The van der Waals surface area contributed by atoms with Gasteiger partial charge in [0.05, 0.1) is 23.0 Å². The van der Waals surface area contributed by atoms with E-state index in [1.807, 2.05) is 13.0 Å². The molecule has 1 aromatic heterocycles. The van der Waals surface area contributed by atoms with E-state index >= 15 is 0 Å². The van der Waals surface area contributed by atoms with Gasteiger partial charge in [0.2, 0.25) is 5.95 Å². The molecule has 0 atom stereocenters. The number of aromatic nitrogens is 2. The van der Waals surface area contributed by atoms with Crippen molar-refractivity contribution in [3.8, 4) is 0 Å². The lowest BCUT2D eigenvalue weighted by atomic mass is 9.75. The second-order valence-corrected chi connectivity index (χ2v) is 12.9. The van der Waals surface area contributed by atoms with Crippen LogP contribution in [0.4, 0.5) is 36.3 Å². The number of nitrogens with zero attached hydrogens (tertiary/aromatic N) is 3. The van der Waals surface area contributed by atoms with Crippen LogP contribution in [0, 0.1) is 0 Å². The van der Waals surface area contributed by atoms with Crippen molar-refractivity contribution in [3.63, 3.8) is 0 Å². The summed E-state index contributed by atoms with van der Waals surface area (Å²) in [6, 6.07) is 9.40. The number of aliphatic hydroxyl groups is 1. The van der Waals surface area contributed by atoms with Crippen LogP contribution < -0.4 is 10.6 Å². The third kappa shape index (κ3) is 6.59. The van der Waals surface area contributed by atoms with Gasteiger partial charge in [-0.05, 0) is 73.4 Å². The zero-order chi connectivity index (χ0) is 30.4. The molecule has 0 unspecified atom stereocenters. The van der Waals surface area contributed by atoms with E-state index in [4.69, 9.17) is 9.79 Å². The van der Waals surface area contributed by atoms with Gasteiger partial charge >= 0.3 is 13.8 Å². The van der Waals surface area contributed by atoms with Crippen LogP contribution >= 0.6 is 7.60 Å². The molecule has 1 aliphatic heterocycles. The highest BCUT2D eigenvalue weighted by molar-refractivity contribution is 7.50. The predicted molar refractivity (Wildman–Crippen MR) is 150 cm³/mol. The summed E-state index contributed by atoms with van der Waals surface area (Å²) in [5.74, 6) is -0.877. The summed E-state index contributed by atoms with van der Waals surface area (Å²) in [4.78, 5) is 40.9. The molecule has 14 heteroatoms. The molecule has 3 aromatic rings. The molecule has 5 rings (SSSR count). The fourth-order valence-electron chi connectivity index (χ4n) is 5.55. The van der Waals surface area contributed by atoms with Gasteiger partial charge in [0.15, 0.2) is 0 Å². The molecule has 0 spiro atoms. The fourth-order valence-corrected chi connectivity index (χ4v) is 6.24. The Morgan fingerprint density at radius 2 is 1.76 bits per heavy atom. The molecule has 10 nitrogen and oxygen atoms in total. The van der Waals surface area contributed by atoms with Crippen LogP contribution in [0.25, 0.3) is 0 Å². The number of nitrogens with one attached hydrogen (secondary N) is 2. The van der Waals surface area contributed by atoms with Gasteiger partial charge in [-0.3, -0.25) is 9.36 Å². The Morgan fingerprint density at radius 1 is 1.10 bits per heavy atom. The van der Waals surface area contributed by atoms with Gasteiger partial charge in [-0.1, -0.05) is 18.2 Å². The number of fused-ring (bicyclic) bond motifs is 1. The highest BCUT2D eigenvalue weighted by Crippen LogP contribution is 2.44. The van der Waals surface area contributed by atoms with Gasteiger partial charge in [0.1, 0.15) is 11.4 Å². The number of amides is 1. The monoisotopic (exact) mass is 605 g/mol. The minimum Gasteiger partial charge on any atom is -0.390 e. The molecular weight excluding hydrogens is 574 g/mol. The number of hydrogen-bond acceptors (Lipinski definition) is 7. The Bertz CT molecular complexity index is 1550. The van der Waals surface area contributed by atoms with E-state index in [0.717, 1.165) is 24.0 Å². The predicted octanol–water partition coefficient (Wildman–Crippen LogP) is 5.65. The van der Waals surface area contributed by atoms with Crippen LogP contribution in [-0.4, -0.2) is 48.3 Å². The first-order valence-electron chi connectivity index (χ1n) is 13.3. The first-order valence-corrected chi connectivity index (χ1v) is 15.1. The third-order valence-corrected chi connectivity index (χ3v) is 8.53. The van der Waals surface area contributed by atoms with E-state index in [1.165, 1.54) is 29.2 Å². The van der Waals surface area contributed by atoms with Crippen molar-refractivity contribution in [2.24, 2.45) is 0 Å². The maximum Gasteiger partial charge on any atom is 0.421 e. The molecule has 1 saturated carbocycles. The van der Waals surface area contributed by atoms with Crippen molar-refractivity contribution in [3.05, 3.63) is 70.4 Å². The Balaban J connectivity index is 1.46. The van der Waals surface area contributed by atoms with Crippen molar-refractivity contribution < 1.29 is 37.4 Å². The summed E-state index contributed by atoms with van der Waals surface area (Å²) >= 11 is 0. The Kier molecular flexibility index (Phi) is 7.82. The standard InChI is InChI=1S/C28H31F3N5O5P/c1-27(38)11-9-17(10-12-27)19-7-8-22(23-20(19)14-36(2)25(23)37)34-24-21(28(29,30)31)13-32-26(35-24)33-18-5-3-16(4-6-18)15-42(39,40)41/h3-8,13,17,38H,9-12,14-15H2,1-2H3,(H2,39,40,41)(H2,32,33,34,35)/t17-,27+. The highest BCUT2D eigenvalue weighted by Gasteiger charge is 2.38. The first-order chi connectivity index (χ1) is 19.6. The topological polar surface area (TPSA) is 148 Å². The molecule has 1 amide bonds. The normalized spacial score (nSPS) is 20.9. The van der Waals surface area contributed by atoms with E-state index in [0.29, 0.717) is 42.4 Å². The van der Waals surface area contributed by atoms with Crippen molar-refractivity contribution in [1.82, 2.24) is 14.9 Å². The molecule has 2 heterocycles. The third-order valence-electron chi connectivity index (χ3n) is 7.75. The Hall–Kier alpha value is -3.51. The Labute approximate surface area is 240 Å². The highest BCUT2D eigenvalue weighted by atomic mass is 31.2. The van der Waals surface area contributed by atoms with Crippen LogP contribution in [-0.2, 0) is 23.4 Å². The molecule has 42 heavy (non-hydrogen) atoms. The maximum absolute atomic E-state index is 14.0. The van der Waals surface area contributed by atoms with Crippen LogP contribution in [0.15, 0.2) is 42.6 Å². The smallest absolute Gasteiger partial charge is 0.390 e. The van der Waals surface area contributed by atoms with E-state index in [9.17, 15) is 27.6 Å². The van der Waals surface area contributed by atoms with Crippen LogP contribution in [0.5, 0.6) is 0 Å². The van der Waals surface area contributed by atoms with Crippen molar-refractivity contribution in [2.75, 3.05) is 17.7 Å². The fraction of sp³-hybridized carbons (Fsp3) is 0.393. The number of rotatable bonds is 7. The summed E-state index contributed by atoms with van der Waals surface area (Å²) in [7, 11) is -2.62. The van der Waals surface area contributed by atoms with Gasteiger partial charge in [0, 0.05) is 25.5 Å². The summed E-state index contributed by atoms with van der Waals surface area (Å²) < 4.78 is 53.2. The number of carbonyl (C=O) groups excluding carboxylic acids is 1. The SMILES string of the molecule is CN1Cc2c(c(Nc3nc(Nc4ccc(CP(=O)(O)O)cc4)ncc3C(F)(F)F)ccc2[C@H]2CC[C@@](C)(O)CC2)C1=O. The van der Waals surface area contributed by atoms with Crippen molar-refractivity contribution in [1.29, 1.82) is 0 Å². The Morgan fingerprint density at radius 3 is 2.38 bits per heavy atom. The summed E-state index contributed by atoms with van der Waals surface area (Å²) in [6.07, 6.45) is -1.86. The summed E-state index contributed by atoms with van der Waals surface area (Å²) in [5.41, 5.74) is 1.15. The quantitative estimate of drug-likeness (QED) is 0.215. The van der Waals surface area contributed by atoms with Crippen molar-refractivity contribution in [2.45, 2.75) is 63.0 Å². The van der Waals surface area contributed by atoms with Crippen LogP contribution in [0.2, 0.25) is 0 Å². The summed E-state index contributed by atoms with van der Waals surface area (Å²) in [5, 5.41) is 15.9. The maximum atomic E-state index is 14.0. The van der Waals surface area contributed by atoms with Gasteiger partial charge in [0.25, 0.3) is 5.91 Å².